The van der Waals surface area contributed by atoms with Gasteiger partial charge in [-0.25, -0.2) is 15.0 Å². The number of anilines is 1. The normalized spacial score (nSPS) is 18.9. The molecule has 1 saturated carbocycles. The SMILES string of the molecule is Cc1ccc2nc(/C=C\c3ccc(Cl)cc3)nc(NC3CCCCC3N=C(N)N)c2c1. The van der Waals surface area contributed by atoms with Gasteiger partial charge in [-0.2, -0.15) is 0 Å². The van der Waals surface area contributed by atoms with E-state index in [4.69, 9.17) is 33.0 Å². The standard InChI is InChI=1S/C24H27ClN6/c1-15-6-12-19-18(14-15)23(29-20-4-2-3-5-21(20)30-24(26)27)31-22(28-19)13-9-16-7-10-17(25)11-8-16/h6-14,20-21H,2-5H2,1H3,(H4,26,27,30)(H,28,29,31)/b13-9-. The molecule has 1 aliphatic rings. The third-order valence-electron chi connectivity index (χ3n) is 5.53. The summed E-state index contributed by atoms with van der Waals surface area (Å²) in [6, 6.07) is 14.0. The van der Waals surface area contributed by atoms with Crippen molar-refractivity contribution in [3.8, 4) is 0 Å². The van der Waals surface area contributed by atoms with E-state index >= 15 is 0 Å². The number of aromatic nitrogens is 2. The molecule has 0 radical (unpaired) electrons. The van der Waals surface area contributed by atoms with Gasteiger partial charge in [0.15, 0.2) is 11.8 Å². The molecule has 0 saturated heterocycles. The van der Waals surface area contributed by atoms with Crippen LogP contribution in [0, 0.1) is 6.92 Å². The van der Waals surface area contributed by atoms with Gasteiger partial charge in [0.2, 0.25) is 0 Å². The molecule has 2 atom stereocenters. The maximum Gasteiger partial charge on any atom is 0.186 e. The molecule has 160 valence electrons. The fourth-order valence-corrected chi connectivity index (χ4v) is 4.12. The van der Waals surface area contributed by atoms with Gasteiger partial charge in [-0.05, 0) is 55.7 Å². The minimum atomic E-state index is 0.0432. The summed E-state index contributed by atoms with van der Waals surface area (Å²) in [5.41, 5.74) is 14.4. The monoisotopic (exact) mass is 434 g/mol. The van der Waals surface area contributed by atoms with E-state index in [2.05, 4.69) is 29.4 Å². The van der Waals surface area contributed by atoms with Crippen molar-refractivity contribution < 1.29 is 0 Å². The highest BCUT2D eigenvalue weighted by atomic mass is 35.5. The van der Waals surface area contributed by atoms with Crippen LogP contribution in [0.1, 0.15) is 42.6 Å². The summed E-state index contributed by atoms with van der Waals surface area (Å²) in [5, 5.41) is 5.34. The molecule has 4 rings (SSSR count). The highest BCUT2D eigenvalue weighted by Gasteiger charge is 2.26. The van der Waals surface area contributed by atoms with Gasteiger partial charge in [-0.15, -0.1) is 0 Å². The van der Waals surface area contributed by atoms with E-state index in [0.717, 1.165) is 53.5 Å². The van der Waals surface area contributed by atoms with Crippen LogP contribution in [-0.4, -0.2) is 28.0 Å². The predicted molar refractivity (Wildman–Crippen MR) is 130 cm³/mol. The Bertz CT molecular complexity index is 1120. The zero-order valence-corrected chi connectivity index (χ0v) is 18.3. The Labute approximate surface area is 187 Å². The molecule has 5 N–H and O–H groups in total. The van der Waals surface area contributed by atoms with Gasteiger partial charge in [0, 0.05) is 10.4 Å². The van der Waals surface area contributed by atoms with Gasteiger partial charge in [0.1, 0.15) is 5.82 Å². The number of rotatable bonds is 5. The van der Waals surface area contributed by atoms with E-state index in [9.17, 15) is 0 Å². The lowest BCUT2D eigenvalue weighted by Gasteiger charge is -2.30. The third-order valence-corrected chi connectivity index (χ3v) is 5.78. The Morgan fingerprint density at radius 2 is 1.84 bits per heavy atom. The molecule has 2 aromatic carbocycles. The molecule has 31 heavy (non-hydrogen) atoms. The Balaban J connectivity index is 1.69. The second-order valence-corrected chi connectivity index (χ2v) is 8.43. The molecular formula is C24H27ClN6. The number of nitrogens with one attached hydrogen (secondary N) is 1. The van der Waals surface area contributed by atoms with Crippen molar-refractivity contribution in [2.75, 3.05) is 5.32 Å². The van der Waals surface area contributed by atoms with E-state index in [1.54, 1.807) is 0 Å². The lowest BCUT2D eigenvalue weighted by Crippen LogP contribution is -2.38. The van der Waals surface area contributed by atoms with Crippen molar-refractivity contribution in [2.45, 2.75) is 44.7 Å². The Kier molecular flexibility index (Phi) is 6.37. The first-order valence-corrected chi connectivity index (χ1v) is 10.9. The lowest BCUT2D eigenvalue weighted by atomic mass is 9.90. The number of hydrogen-bond acceptors (Lipinski definition) is 4. The first kappa shape index (κ1) is 21.1. The second kappa shape index (κ2) is 9.35. The van der Waals surface area contributed by atoms with Crippen molar-refractivity contribution in [1.29, 1.82) is 0 Å². The molecule has 1 heterocycles. The molecular weight excluding hydrogens is 408 g/mol. The molecule has 6 nitrogen and oxygen atoms in total. The van der Waals surface area contributed by atoms with Crippen LogP contribution in [-0.2, 0) is 0 Å². The van der Waals surface area contributed by atoms with E-state index in [-0.39, 0.29) is 18.0 Å². The summed E-state index contributed by atoms with van der Waals surface area (Å²) >= 11 is 5.98. The first-order chi connectivity index (χ1) is 15.0. The number of halogens is 1. The highest BCUT2D eigenvalue weighted by molar-refractivity contribution is 6.30. The number of benzene rings is 2. The summed E-state index contributed by atoms with van der Waals surface area (Å²) in [4.78, 5) is 14.0. The third kappa shape index (κ3) is 5.33. The van der Waals surface area contributed by atoms with Crippen LogP contribution in [0.25, 0.3) is 23.1 Å². The van der Waals surface area contributed by atoms with Gasteiger partial charge in [0.05, 0.1) is 17.6 Å². The summed E-state index contributed by atoms with van der Waals surface area (Å²) in [6.45, 7) is 2.07. The summed E-state index contributed by atoms with van der Waals surface area (Å²) in [7, 11) is 0. The molecule has 3 aromatic rings. The predicted octanol–water partition coefficient (Wildman–Crippen LogP) is 4.76. The van der Waals surface area contributed by atoms with Crippen LogP contribution in [0.15, 0.2) is 47.5 Å². The average Bonchev–Trinajstić information content (AvgIpc) is 2.75. The fourth-order valence-electron chi connectivity index (χ4n) is 3.99. The number of nitrogens with zero attached hydrogens (tertiary/aromatic N) is 3. The van der Waals surface area contributed by atoms with E-state index < -0.39 is 0 Å². The molecule has 1 fully saturated rings. The zero-order valence-electron chi connectivity index (χ0n) is 17.6. The molecule has 0 spiro atoms. The molecule has 7 heteroatoms. The van der Waals surface area contributed by atoms with E-state index in [0.29, 0.717) is 10.8 Å². The van der Waals surface area contributed by atoms with E-state index in [1.165, 1.54) is 0 Å². The topological polar surface area (TPSA) is 102 Å². The maximum absolute atomic E-state index is 5.98. The molecule has 2 unspecified atom stereocenters. The summed E-state index contributed by atoms with van der Waals surface area (Å²) in [5.74, 6) is 1.59. The number of guanidine groups is 1. The smallest absolute Gasteiger partial charge is 0.186 e. The molecule has 1 aromatic heterocycles. The van der Waals surface area contributed by atoms with Crippen molar-refractivity contribution in [2.24, 2.45) is 16.5 Å². The minimum Gasteiger partial charge on any atom is -0.370 e. The van der Waals surface area contributed by atoms with Gasteiger partial charge < -0.3 is 16.8 Å². The summed E-state index contributed by atoms with van der Waals surface area (Å²) in [6.07, 6.45) is 8.12. The summed E-state index contributed by atoms with van der Waals surface area (Å²) < 4.78 is 0. The van der Waals surface area contributed by atoms with Gasteiger partial charge in [0.25, 0.3) is 0 Å². The van der Waals surface area contributed by atoms with Gasteiger partial charge in [-0.3, -0.25) is 0 Å². The number of aryl methyl sites for hydroxylation is 1. The molecule has 0 aliphatic heterocycles. The van der Waals surface area contributed by atoms with Crippen LogP contribution >= 0.6 is 11.6 Å². The van der Waals surface area contributed by atoms with E-state index in [1.807, 2.05) is 42.5 Å². The first-order valence-electron chi connectivity index (χ1n) is 10.6. The molecule has 0 amide bonds. The molecule has 1 aliphatic carbocycles. The number of hydrogen-bond donors (Lipinski definition) is 3. The van der Waals surface area contributed by atoms with Crippen LogP contribution in [0.5, 0.6) is 0 Å². The lowest BCUT2D eigenvalue weighted by molar-refractivity contribution is 0.405. The Morgan fingerprint density at radius 3 is 2.61 bits per heavy atom. The number of nitrogens with two attached hydrogens (primary N) is 2. The van der Waals surface area contributed by atoms with Gasteiger partial charge >= 0.3 is 0 Å². The largest absolute Gasteiger partial charge is 0.370 e. The van der Waals surface area contributed by atoms with Gasteiger partial charge in [-0.1, -0.05) is 54.3 Å². The fraction of sp³-hybridized carbons (Fsp3) is 0.292. The Hall–Kier alpha value is -3.12. The quantitative estimate of drug-likeness (QED) is 0.397. The van der Waals surface area contributed by atoms with Crippen LogP contribution in [0.4, 0.5) is 5.82 Å². The minimum absolute atomic E-state index is 0.0432. The Morgan fingerprint density at radius 1 is 1.06 bits per heavy atom. The molecule has 0 bridgehead atoms. The van der Waals surface area contributed by atoms with Crippen LogP contribution < -0.4 is 16.8 Å². The maximum atomic E-state index is 5.98. The van der Waals surface area contributed by atoms with Crippen LogP contribution in [0.3, 0.4) is 0 Å². The van der Waals surface area contributed by atoms with Crippen molar-refractivity contribution >= 4 is 46.4 Å². The second-order valence-electron chi connectivity index (χ2n) is 7.99. The van der Waals surface area contributed by atoms with Crippen molar-refractivity contribution in [3.63, 3.8) is 0 Å². The average molecular weight is 435 g/mol. The number of fused-ring (bicyclic) bond motifs is 1. The van der Waals surface area contributed by atoms with Crippen molar-refractivity contribution in [1.82, 2.24) is 9.97 Å². The van der Waals surface area contributed by atoms with Crippen molar-refractivity contribution in [3.05, 3.63) is 64.4 Å². The number of aliphatic imine (C=N–C) groups is 1. The highest BCUT2D eigenvalue weighted by Crippen LogP contribution is 2.28. The zero-order chi connectivity index (χ0) is 21.8. The van der Waals surface area contributed by atoms with Crippen LogP contribution in [0.2, 0.25) is 5.02 Å².